The van der Waals surface area contributed by atoms with E-state index in [1.54, 1.807) is 12.4 Å². The topological polar surface area (TPSA) is 55.1 Å². The molecule has 1 aromatic carbocycles. The van der Waals surface area contributed by atoms with Gasteiger partial charge in [0.05, 0.1) is 6.54 Å². The predicted molar refractivity (Wildman–Crippen MR) is 100 cm³/mol. The van der Waals surface area contributed by atoms with Gasteiger partial charge in [0.1, 0.15) is 0 Å². The molecule has 1 aliphatic carbocycles. The van der Waals surface area contributed by atoms with Crippen LogP contribution in [0.4, 0.5) is 0 Å². The fourth-order valence-corrected chi connectivity index (χ4v) is 3.10. The van der Waals surface area contributed by atoms with E-state index in [0.29, 0.717) is 30.2 Å². The Hall–Kier alpha value is -2.53. The van der Waals surface area contributed by atoms with Gasteiger partial charge in [0.15, 0.2) is 0 Å². The number of rotatable bonds is 7. The minimum Gasteiger partial charge on any atom is -0.338 e. The highest BCUT2D eigenvalue weighted by Crippen LogP contribution is 2.30. The molecule has 1 aliphatic rings. The molecule has 0 aliphatic heterocycles. The normalized spacial score (nSPS) is 14.3. The molecule has 1 saturated carbocycles. The molecule has 2 aromatic heterocycles. The van der Waals surface area contributed by atoms with Crippen molar-refractivity contribution in [2.24, 2.45) is 0 Å². The van der Waals surface area contributed by atoms with Crippen LogP contribution in [0.2, 0.25) is 0 Å². The lowest BCUT2D eigenvalue weighted by Crippen LogP contribution is -2.25. The van der Waals surface area contributed by atoms with E-state index < -0.39 is 0 Å². The Morgan fingerprint density at radius 3 is 2.58 bits per heavy atom. The fraction of sp³-hybridized carbons (Fsp3) is 0.381. The first-order valence-electron chi connectivity index (χ1n) is 9.25. The molecule has 0 amide bonds. The molecule has 0 atom stereocenters. The molecule has 2 heterocycles. The van der Waals surface area contributed by atoms with Crippen molar-refractivity contribution in [3.8, 4) is 11.4 Å². The number of benzene rings is 1. The van der Waals surface area contributed by atoms with E-state index in [1.807, 2.05) is 12.1 Å². The van der Waals surface area contributed by atoms with Crippen molar-refractivity contribution < 1.29 is 4.52 Å². The van der Waals surface area contributed by atoms with E-state index in [-0.39, 0.29) is 0 Å². The second-order valence-electron chi connectivity index (χ2n) is 7.29. The Morgan fingerprint density at radius 1 is 1.12 bits per heavy atom. The zero-order valence-corrected chi connectivity index (χ0v) is 15.3. The standard InChI is InChI=1S/C21H24N4O/c1-15(2)17-7-5-16(6-8-17)13-25(19-9-10-19)14-20-23-21(24-26-20)18-4-3-11-22-12-18/h3-8,11-12,15,19H,9-10,13-14H2,1-2H3. The molecule has 3 aromatic rings. The lowest BCUT2D eigenvalue weighted by molar-refractivity contribution is 0.209. The van der Waals surface area contributed by atoms with Crippen molar-refractivity contribution >= 4 is 0 Å². The third-order valence-corrected chi connectivity index (χ3v) is 4.82. The largest absolute Gasteiger partial charge is 0.338 e. The summed E-state index contributed by atoms with van der Waals surface area (Å²) >= 11 is 0. The molecule has 5 heteroatoms. The van der Waals surface area contributed by atoms with E-state index in [0.717, 1.165) is 12.1 Å². The first-order chi connectivity index (χ1) is 12.7. The van der Waals surface area contributed by atoms with E-state index >= 15 is 0 Å². The number of aromatic nitrogens is 3. The van der Waals surface area contributed by atoms with Gasteiger partial charge in [-0.3, -0.25) is 9.88 Å². The van der Waals surface area contributed by atoms with Crippen LogP contribution in [-0.2, 0) is 13.1 Å². The molecule has 26 heavy (non-hydrogen) atoms. The van der Waals surface area contributed by atoms with Crippen LogP contribution in [0.3, 0.4) is 0 Å². The Kier molecular flexibility index (Phi) is 4.80. The van der Waals surface area contributed by atoms with Crippen molar-refractivity contribution in [3.05, 3.63) is 65.8 Å². The Balaban J connectivity index is 1.45. The van der Waals surface area contributed by atoms with Gasteiger partial charge in [-0.05, 0) is 42.0 Å². The summed E-state index contributed by atoms with van der Waals surface area (Å²) in [5, 5.41) is 4.10. The summed E-state index contributed by atoms with van der Waals surface area (Å²) in [7, 11) is 0. The molecule has 0 saturated heterocycles. The summed E-state index contributed by atoms with van der Waals surface area (Å²) in [6.45, 7) is 6.04. The summed E-state index contributed by atoms with van der Waals surface area (Å²) in [4.78, 5) is 11.1. The van der Waals surface area contributed by atoms with E-state index in [2.05, 4.69) is 58.1 Å². The summed E-state index contributed by atoms with van der Waals surface area (Å²) in [6.07, 6.45) is 5.98. The van der Waals surface area contributed by atoms with Crippen LogP contribution in [0, 0.1) is 0 Å². The number of pyridine rings is 1. The third-order valence-electron chi connectivity index (χ3n) is 4.82. The smallest absolute Gasteiger partial charge is 0.241 e. The van der Waals surface area contributed by atoms with Crippen LogP contribution in [-0.4, -0.2) is 26.1 Å². The quantitative estimate of drug-likeness (QED) is 0.632. The highest BCUT2D eigenvalue weighted by molar-refractivity contribution is 5.51. The predicted octanol–water partition coefficient (Wildman–Crippen LogP) is 4.42. The van der Waals surface area contributed by atoms with Crippen molar-refractivity contribution in [1.29, 1.82) is 0 Å². The first kappa shape index (κ1) is 16.9. The van der Waals surface area contributed by atoms with Crippen LogP contribution >= 0.6 is 0 Å². The van der Waals surface area contributed by atoms with Crippen molar-refractivity contribution in [3.63, 3.8) is 0 Å². The number of nitrogens with zero attached hydrogens (tertiary/aromatic N) is 4. The molecule has 0 spiro atoms. The van der Waals surface area contributed by atoms with Gasteiger partial charge in [-0.25, -0.2) is 0 Å². The molecular formula is C21H24N4O. The molecule has 1 fully saturated rings. The van der Waals surface area contributed by atoms with Gasteiger partial charge in [0.2, 0.25) is 11.7 Å². The maximum atomic E-state index is 5.49. The van der Waals surface area contributed by atoms with Crippen molar-refractivity contribution in [1.82, 2.24) is 20.0 Å². The van der Waals surface area contributed by atoms with Crippen LogP contribution in [0.25, 0.3) is 11.4 Å². The van der Waals surface area contributed by atoms with E-state index in [4.69, 9.17) is 4.52 Å². The minimum absolute atomic E-state index is 0.563. The maximum absolute atomic E-state index is 5.49. The summed E-state index contributed by atoms with van der Waals surface area (Å²) < 4.78 is 5.49. The van der Waals surface area contributed by atoms with Crippen LogP contribution in [0.1, 0.15) is 49.6 Å². The third kappa shape index (κ3) is 3.99. The first-order valence-corrected chi connectivity index (χ1v) is 9.25. The Labute approximate surface area is 154 Å². The van der Waals surface area contributed by atoms with Crippen LogP contribution < -0.4 is 0 Å². The molecule has 134 valence electrons. The zero-order valence-electron chi connectivity index (χ0n) is 15.3. The Bertz CT molecular complexity index is 838. The second-order valence-corrected chi connectivity index (χ2v) is 7.29. The second kappa shape index (κ2) is 7.38. The molecule has 0 N–H and O–H groups in total. The summed E-state index contributed by atoms with van der Waals surface area (Å²) in [5.74, 6) is 1.83. The highest BCUT2D eigenvalue weighted by atomic mass is 16.5. The van der Waals surface area contributed by atoms with Gasteiger partial charge in [-0.2, -0.15) is 4.98 Å². The zero-order chi connectivity index (χ0) is 17.9. The maximum Gasteiger partial charge on any atom is 0.241 e. The fourth-order valence-electron chi connectivity index (χ4n) is 3.10. The van der Waals surface area contributed by atoms with Gasteiger partial charge in [0.25, 0.3) is 0 Å². The minimum atomic E-state index is 0.563. The van der Waals surface area contributed by atoms with Gasteiger partial charge in [-0.1, -0.05) is 43.3 Å². The Morgan fingerprint density at radius 2 is 1.92 bits per heavy atom. The van der Waals surface area contributed by atoms with E-state index in [9.17, 15) is 0 Å². The van der Waals surface area contributed by atoms with Crippen LogP contribution in [0.5, 0.6) is 0 Å². The van der Waals surface area contributed by atoms with Crippen molar-refractivity contribution in [2.75, 3.05) is 0 Å². The number of hydrogen-bond donors (Lipinski definition) is 0. The van der Waals surface area contributed by atoms with E-state index in [1.165, 1.54) is 24.0 Å². The molecule has 0 bridgehead atoms. The summed E-state index contributed by atoms with van der Waals surface area (Å²) in [6, 6.07) is 13.4. The van der Waals surface area contributed by atoms with Gasteiger partial charge in [-0.15, -0.1) is 0 Å². The summed E-state index contributed by atoms with van der Waals surface area (Å²) in [5.41, 5.74) is 3.59. The lowest BCUT2D eigenvalue weighted by atomic mass is 10.0. The average molecular weight is 348 g/mol. The lowest BCUT2D eigenvalue weighted by Gasteiger charge is -2.20. The molecular weight excluding hydrogens is 324 g/mol. The van der Waals surface area contributed by atoms with Crippen LogP contribution in [0.15, 0.2) is 53.3 Å². The monoisotopic (exact) mass is 348 g/mol. The van der Waals surface area contributed by atoms with Gasteiger partial charge < -0.3 is 4.52 Å². The van der Waals surface area contributed by atoms with Crippen molar-refractivity contribution in [2.45, 2.75) is 51.7 Å². The number of hydrogen-bond acceptors (Lipinski definition) is 5. The average Bonchev–Trinajstić information content (AvgIpc) is 3.41. The van der Waals surface area contributed by atoms with Gasteiger partial charge in [0, 0.05) is 30.5 Å². The highest BCUT2D eigenvalue weighted by Gasteiger charge is 2.30. The molecule has 0 unspecified atom stereocenters. The molecule has 4 rings (SSSR count). The molecule has 5 nitrogen and oxygen atoms in total. The SMILES string of the molecule is CC(C)c1ccc(CN(Cc2nc(-c3cccnc3)no2)C2CC2)cc1. The molecule has 0 radical (unpaired) electrons. The van der Waals surface area contributed by atoms with Gasteiger partial charge >= 0.3 is 0 Å².